The van der Waals surface area contributed by atoms with Crippen molar-refractivity contribution < 1.29 is 9.90 Å². The number of hydrogen-bond acceptors (Lipinski definition) is 3. The van der Waals surface area contributed by atoms with Crippen molar-refractivity contribution in [1.82, 2.24) is 10.6 Å². The van der Waals surface area contributed by atoms with Gasteiger partial charge in [-0.1, -0.05) is 45.4 Å². The molecule has 0 spiro atoms. The Morgan fingerprint density at radius 2 is 1.64 bits per heavy atom. The van der Waals surface area contributed by atoms with Crippen LogP contribution in [0.5, 0.6) is 0 Å². The van der Waals surface area contributed by atoms with Gasteiger partial charge in [0, 0.05) is 18.6 Å². The van der Waals surface area contributed by atoms with Gasteiger partial charge in [0.15, 0.2) is 0 Å². The fourth-order valence-corrected chi connectivity index (χ4v) is 3.93. The van der Waals surface area contributed by atoms with Gasteiger partial charge < -0.3 is 15.7 Å². The number of aliphatic hydroxyl groups excluding tert-OH is 1. The molecule has 2 saturated carbocycles. The van der Waals surface area contributed by atoms with Crippen LogP contribution in [0.3, 0.4) is 0 Å². The lowest BCUT2D eigenvalue weighted by Crippen LogP contribution is -2.52. The Morgan fingerprint density at radius 3 is 2.23 bits per heavy atom. The van der Waals surface area contributed by atoms with Gasteiger partial charge in [0.05, 0.1) is 0 Å². The van der Waals surface area contributed by atoms with Gasteiger partial charge in [-0.3, -0.25) is 4.79 Å². The van der Waals surface area contributed by atoms with E-state index in [0.29, 0.717) is 12.0 Å². The topological polar surface area (TPSA) is 61.4 Å². The molecule has 0 aromatic carbocycles. The van der Waals surface area contributed by atoms with Crippen molar-refractivity contribution in [2.45, 2.75) is 95.7 Å². The van der Waals surface area contributed by atoms with Crippen LogP contribution in [-0.4, -0.2) is 35.7 Å². The first-order valence-electron chi connectivity index (χ1n) is 9.42. The van der Waals surface area contributed by atoms with Gasteiger partial charge in [0.25, 0.3) is 0 Å². The normalized spacial score (nSPS) is 23.9. The molecule has 2 unspecified atom stereocenters. The Hall–Kier alpha value is -0.610. The van der Waals surface area contributed by atoms with E-state index in [4.69, 9.17) is 0 Å². The summed E-state index contributed by atoms with van der Waals surface area (Å²) in [4.78, 5) is 12.2. The third kappa shape index (κ3) is 5.54. The third-order valence-corrected chi connectivity index (χ3v) is 5.43. The van der Waals surface area contributed by atoms with Gasteiger partial charge >= 0.3 is 0 Å². The minimum atomic E-state index is -0.921. The number of carbonyl (C=O) groups excluding carboxylic acids is 1. The molecule has 0 aromatic rings. The largest absolute Gasteiger partial charge is 0.382 e. The number of nitrogens with one attached hydrogen (secondary N) is 2. The lowest BCUT2D eigenvalue weighted by Gasteiger charge is -2.30. The molecule has 0 aliphatic heterocycles. The molecular formula is C18H34N2O2. The van der Waals surface area contributed by atoms with Crippen LogP contribution in [0.15, 0.2) is 0 Å². The summed E-state index contributed by atoms with van der Waals surface area (Å²) < 4.78 is 0. The molecule has 0 bridgehead atoms. The number of hydrogen-bond donors (Lipinski definition) is 3. The highest BCUT2D eigenvalue weighted by atomic mass is 16.3. The minimum absolute atomic E-state index is 0.116. The van der Waals surface area contributed by atoms with E-state index in [1.807, 2.05) is 6.92 Å². The highest BCUT2D eigenvalue weighted by Gasteiger charge is 2.27. The van der Waals surface area contributed by atoms with Crippen molar-refractivity contribution in [3.8, 4) is 0 Å². The molecule has 2 rings (SSSR count). The maximum atomic E-state index is 12.2. The SMILES string of the molecule is CCC(NC1CCCCC1)C(O)C(=O)NCC1CCCCC1. The summed E-state index contributed by atoms with van der Waals surface area (Å²) in [6.45, 7) is 2.77. The van der Waals surface area contributed by atoms with Crippen LogP contribution >= 0.6 is 0 Å². The Morgan fingerprint density at radius 1 is 1.05 bits per heavy atom. The van der Waals surface area contributed by atoms with E-state index < -0.39 is 6.10 Å². The van der Waals surface area contributed by atoms with Gasteiger partial charge in [0.2, 0.25) is 5.91 Å². The second-order valence-electron chi connectivity index (χ2n) is 7.21. The van der Waals surface area contributed by atoms with E-state index in [0.717, 1.165) is 13.0 Å². The van der Waals surface area contributed by atoms with E-state index in [1.54, 1.807) is 0 Å². The second-order valence-corrected chi connectivity index (χ2v) is 7.21. The van der Waals surface area contributed by atoms with Crippen LogP contribution < -0.4 is 10.6 Å². The average Bonchev–Trinajstić information content (AvgIpc) is 2.58. The number of amides is 1. The van der Waals surface area contributed by atoms with E-state index in [2.05, 4.69) is 10.6 Å². The zero-order valence-electron chi connectivity index (χ0n) is 14.2. The van der Waals surface area contributed by atoms with Gasteiger partial charge in [-0.15, -0.1) is 0 Å². The summed E-state index contributed by atoms with van der Waals surface area (Å²) >= 11 is 0. The maximum Gasteiger partial charge on any atom is 0.250 e. The van der Waals surface area contributed by atoms with Crippen LogP contribution in [0.4, 0.5) is 0 Å². The molecule has 0 saturated heterocycles. The van der Waals surface area contributed by atoms with Crippen LogP contribution in [0, 0.1) is 5.92 Å². The summed E-state index contributed by atoms with van der Waals surface area (Å²) in [5.41, 5.74) is 0. The van der Waals surface area contributed by atoms with E-state index >= 15 is 0 Å². The maximum absolute atomic E-state index is 12.2. The molecule has 2 fully saturated rings. The van der Waals surface area contributed by atoms with Crippen LogP contribution in [0.25, 0.3) is 0 Å². The van der Waals surface area contributed by atoms with Gasteiger partial charge in [0.1, 0.15) is 6.10 Å². The first kappa shape index (κ1) is 17.7. The predicted octanol–water partition coefficient (Wildman–Crippen LogP) is 2.74. The van der Waals surface area contributed by atoms with Gasteiger partial charge in [-0.25, -0.2) is 0 Å². The average molecular weight is 310 g/mol. The van der Waals surface area contributed by atoms with E-state index in [1.165, 1.54) is 64.2 Å². The van der Waals surface area contributed by atoms with Crippen LogP contribution in [0.1, 0.15) is 77.6 Å². The monoisotopic (exact) mass is 310 g/mol. The molecule has 22 heavy (non-hydrogen) atoms. The van der Waals surface area contributed by atoms with Crippen molar-refractivity contribution in [2.75, 3.05) is 6.54 Å². The lowest BCUT2D eigenvalue weighted by molar-refractivity contribution is -0.131. The molecule has 4 nitrogen and oxygen atoms in total. The summed E-state index contributed by atoms with van der Waals surface area (Å²) in [6.07, 6.45) is 12.4. The fraction of sp³-hybridized carbons (Fsp3) is 0.944. The molecule has 128 valence electrons. The lowest BCUT2D eigenvalue weighted by atomic mass is 9.89. The first-order chi connectivity index (χ1) is 10.7. The summed E-state index contributed by atoms with van der Waals surface area (Å²) in [7, 11) is 0. The number of aliphatic hydroxyl groups is 1. The molecule has 0 heterocycles. The van der Waals surface area contributed by atoms with Crippen molar-refractivity contribution in [2.24, 2.45) is 5.92 Å². The van der Waals surface area contributed by atoms with E-state index in [-0.39, 0.29) is 11.9 Å². The zero-order valence-corrected chi connectivity index (χ0v) is 14.2. The number of carbonyl (C=O) groups is 1. The first-order valence-corrected chi connectivity index (χ1v) is 9.42. The Bertz CT molecular complexity index is 323. The minimum Gasteiger partial charge on any atom is -0.382 e. The Labute approximate surface area is 135 Å². The van der Waals surface area contributed by atoms with Crippen LogP contribution in [-0.2, 0) is 4.79 Å². The summed E-state index contributed by atoms with van der Waals surface area (Å²) in [6, 6.07) is 0.356. The zero-order chi connectivity index (χ0) is 15.8. The Balaban J connectivity index is 1.73. The predicted molar refractivity (Wildman–Crippen MR) is 89.7 cm³/mol. The quantitative estimate of drug-likeness (QED) is 0.677. The molecule has 3 N–H and O–H groups in total. The molecular weight excluding hydrogens is 276 g/mol. The molecule has 2 aliphatic carbocycles. The number of rotatable bonds is 7. The molecule has 1 amide bonds. The van der Waals surface area contributed by atoms with Gasteiger partial charge in [-0.05, 0) is 38.0 Å². The smallest absolute Gasteiger partial charge is 0.250 e. The second kappa shape index (κ2) is 9.51. The van der Waals surface area contributed by atoms with Crippen molar-refractivity contribution in [3.05, 3.63) is 0 Å². The van der Waals surface area contributed by atoms with Crippen molar-refractivity contribution in [3.63, 3.8) is 0 Å². The van der Waals surface area contributed by atoms with Crippen molar-refractivity contribution in [1.29, 1.82) is 0 Å². The highest BCUT2D eigenvalue weighted by molar-refractivity contribution is 5.81. The molecule has 0 radical (unpaired) electrons. The fourth-order valence-electron chi connectivity index (χ4n) is 3.93. The third-order valence-electron chi connectivity index (χ3n) is 5.43. The summed E-state index contributed by atoms with van der Waals surface area (Å²) in [5, 5.41) is 16.9. The van der Waals surface area contributed by atoms with Crippen LogP contribution in [0.2, 0.25) is 0 Å². The Kier molecular flexibility index (Phi) is 7.67. The molecule has 4 heteroatoms. The standard InChI is InChI=1S/C18H34N2O2/c1-2-16(20-15-11-7-4-8-12-15)17(21)18(22)19-13-14-9-5-3-6-10-14/h14-17,20-21H,2-13H2,1H3,(H,19,22). The summed E-state index contributed by atoms with van der Waals surface area (Å²) in [5.74, 6) is 0.414. The molecule has 2 aliphatic rings. The molecule has 0 aromatic heterocycles. The van der Waals surface area contributed by atoms with Crippen molar-refractivity contribution >= 4 is 5.91 Å². The highest BCUT2D eigenvalue weighted by Crippen LogP contribution is 2.23. The molecule has 2 atom stereocenters. The van der Waals surface area contributed by atoms with E-state index in [9.17, 15) is 9.90 Å². The van der Waals surface area contributed by atoms with Gasteiger partial charge in [-0.2, -0.15) is 0 Å².